The maximum absolute atomic E-state index is 11.4. The van der Waals surface area contributed by atoms with Crippen LogP contribution in [0.5, 0.6) is 0 Å². The third-order valence-corrected chi connectivity index (χ3v) is 2.32. The Morgan fingerprint density at radius 1 is 1.38 bits per heavy atom. The average Bonchev–Trinajstić information content (AvgIpc) is 2.84. The van der Waals surface area contributed by atoms with Gasteiger partial charge in [-0.05, 0) is 5.56 Å². The van der Waals surface area contributed by atoms with Crippen molar-refractivity contribution in [2.75, 3.05) is 0 Å². The molecular weight excluding hydrogens is 226 g/mol. The molecule has 0 aliphatic heterocycles. The third kappa shape index (κ3) is 2.85. The third-order valence-electron chi connectivity index (χ3n) is 1.84. The molecular formula is C10H9N3O2S. The number of carbonyl (C=O) groups is 1. The molecule has 6 heteroatoms. The molecule has 0 saturated heterocycles. The van der Waals surface area contributed by atoms with Crippen molar-refractivity contribution < 1.29 is 9.63 Å². The summed E-state index contributed by atoms with van der Waals surface area (Å²) in [6, 6.07) is 9.56. The molecule has 0 atom stereocenters. The first kappa shape index (κ1) is 10.7. The van der Waals surface area contributed by atoms with Crippen LogP contribution < -0.4 is 5.48 Å². The second-order valence-electron chi connectivity index (χ2n) is 3.00. The van der Waals surface area contributed by atoms with Crippen molar-refractivity contribution in [1.82, 2.24) is 14.2 Å². The van der Waals surface area contributed by atoms with Gasteiger partial charge in [0.05, 0.1) is 24.5 Å². The second kappa shape index (κ2) is 5.34. The van der Waals surface area contributed by atoms with Crippen molar-refractivity contribution in [1.29, 1.82) is 0 Å². The van der Waals surface area contributed by atoms with Crippen LogP contribution in [-0.2, 0) is 11.4 Å². The van der Waals surface area contributed by atoms with Crippen LogP contribution in [0.3, 0.4) is 0 Å². The van der Waals surface area contributed by atoms with Crippen molar-refractivity contribution in [3.63, 3.8) is 0 Å². The number of nitrogens with one attached hydrogen (secondary N) is 1. The highest BCUT2D eigenvalue weighted by molar-refractivity contribution is 6.99. The first-order chi connectivity index (χ1) is 7.86. The largest absolute Gasteiger partial charge is 0.296 e. The van der Waals surface area contributed by atoms with Crippen LogP contribution in [-0.4, -0.2) is 14.7 Å². The lowest BCUT2D eigenvalue weighted by molar-refractivity contribution is 0.0230. The van der Waals surface area contributed by atoms with Crippen LogP contribution >= 0.6 is 11.7 Å². The van der Waals surface area contributed by atoms with Crippen LogP contribution in [0, 0.1) is 0 Å². The highest BCUT2D eigenvalue weighted by atomic mass is 32.1. The van der Waals surface area contributed by atoms with Crippen molar-refractivity contribution in [3.05, 3.63) is 47.8 Å². The maximum Gasteiger partial charge on any atom is 0.296 e. The van der Waals surface area contributed by atoms with Crippen molar-refractivity contribution in [3.8, 4) is 0 Å². The Morgan fingerprint density at radius 3 is 2.88 bits per heavy atom. The molecule has 1 heterocycles. The van der Waals surface area contributed by atoms with Crippen LogP contribution in [0.25, 0.3) is 0 Å². The van der Waals surface area contributed by atoms with Crippen LogP contribution in [0.4, 0.5) is 0 Å². The van der Waals surface area contributed by atoms with Gasteiger partial charge in [0.1, 0.15) is 0 Å². The van der Waals surface area contributed by atoms with Gasteiger partial charge in [-0.2, -0.15) is 8.75 Å². The zero-order valence-electron chi connectivity index (χ0n) is 8.29. The molecule has 0 bridgehead atoms. The summed E-state index contributed by atoms with van der Waals surface area (Å²) in [5, 5.41) is 0. The van der Waals surface area contributed by atoms with Crippen LogP contribution in [0.1, 0.15) is 16.1 Å². The van der Waals surface area contributed by atoms with E-state index >= 15 is 0 Å². The van der Waals surface area contributed by atoms with E-state index in [0.29, 0.717) is 6.61 Å². The highest BCUT2D eigenvalue weighted by Gasteiger charge is 2.07. The summed E-state index contributed by atoms with van der Waals surface area (Å²) >= 11 is 0.981. The number of carbonyl (C=O) groups excluding carboxylic acids is 1. The lowest BCUT2D eigenvalue weighted by Gasteiger charge is -2.03. The molecule has 2 aromatic rings. The summed E-state index contributed by atoms with van der Waals surface area (Å²) < 4.78 is 7.50. The van der Waals surface area contributed by atoms with Crippen molar-refractivity contribution >= 4 is 17.6 Å². The lowest BCUT2D eigenvalue weighted by Crippen LogP contribution is -2.23. The summed E-state index contributed by atoms with van der Waals surface area (Å²) in [6.45, 7) is 0.324. The molecule has 0 unspecified atom stereocenters. The number of benzene rings is 1. The number of hydroxylamine groups is 1. The molecule has 82 valence electrons. The maximum atomic E-state index is 11.4. The van der Waals surface area contributed by atoms with Gasteiger partial charge in [-0.15, -0.1) is 0 Å². The molecule has 2 rings (SSSR count). The molecule has 0 aliphatic carbocycles. The van der Waals surface area contributed by atoms with Gasteiger partial charge in [-0.25, -0.2) is 5.48 Å². The SMILES string of the molecule is O=C(NOCc1ccccc1)c1cnsn1. The number of rotatable bonds is 4. The van der Waals surface area contributed by atoms with Crippen molar-refractivity contribution in [2.45, 2.75) is 6.61 Å². The Kier molecular flexibility index (Phi) is 3.58. The Bertz CT molecular complexity index is 444. The van der Waals surface area contributed by atoms with Gasteiger partial charge in [-0.3, -0.25) is 9.63 Å². The lowest BCUT2D eigenvalue weighted by atomic mass is 10.2. The number of aromatic nitrogens is 2. The Hall–Kier alpha value is -1.79. The molecule has 16 heavy (non-hydrogen) atoms. The summed E-state index contributed by atoms with van der Waals surface area (Å²) in [6.07, 6.45) is 1.39. The normalized spacial score (nSPS) is 10.0. The molecule has 0 saturated carbocycles. The highest BCUT2D eigenvalue weighted by Crippen LogP contribution is 2.00. The minimum absolute atomic E-state index is 0.262. The van der Waals surface area contributed by atoms with Gasteiger partial charge in [0, 0.05) is 0 Å². The smallest absolute Gasteiger partial charge is 0.269 e. The molecule has 5 nitrogen and oxygen atoms in total. The van der Waals surface area contributed by atoms with E-state index in [0.717, 1.165) is 17.3 Å². The summed E-state index contributed by atoms with van der Waals surface area (Å²) in [5.74, 6) is -0.385. The van der Waals surface area contributed by atoms with Crippen LogP contribution in [0.2, 0.25) is 0 Å². The van der Waals surface area contributed by atoms with Gasteiger partial charge < -0.3 is 0 Å². The van der Waals surface area contributed by atoms with E-state index in [1.807, 2.05) is 30.3 Å². The second-order valence-corrected chi connectivity index (χ2v) is 3.55. The van der Waals surface area contributed by atoms with Crippen molar-refractivity contribution in [2.24, 2.45) is 0 Å². The topological polar surface area (TPSA) is 64.1 Å². The summed E-state index contributed by atoms with van der Waals surface area (Å²) in [5.41, 5.74) is 3.55. The fourth-order valence-electron chi connectivity index (χ4n) is 1.08. The quantitative estimate of drug-likeness (QED) is 0.813. The molecule has 0 aliphatic rings. The molecule has 1 N–H and O–H groups in total. The van der Waals surface area contributed by atoms with Gasteiger partial charge in [0.15, 0.2) is 5.69 Å². The average molecular weight is 235 g/mol. The molecule has 0 radical (unpaired) electrons. The van der Waals surface area contributed by atoms with Gasteiger partial charge >= 0.3 is 0 Å². The van der Waals surface area contributed by atoms with E-state index < -0.39 is 0 Å². The van der Waals surface area contributed by atoms with E-state index in [2.05, 4.69) is 14.2 Å². The number of nitrogens with zero attached hydrogens (tertiary/aromatic N) is 2. The first-order valence-corrected chi connectivity index (χ1v) is 5.33. The van der Waals surface area contributed by atoms with Crippen LogP contribution in [0.15, 0.2) is 36.5 Å². The Balaban J connectivity index is 1.79. The van der Waals surface area contributed by atoms with Gasteiger partial charge in [0.25, 0.3) is 5.91 Å². The molecule has 0 spiro atoms. The summed E-state index contributed by atoms with van der Waals surface area (Å²) in [7, 11) is 0. The number of amides is 1. The Labute approximate surface area is 96.4 Å². The van der Waals surface area contributed by atoms with E-state index in [9.17, 15) is 4.79 Å². The zero-order chi connectivity index (χ0) is 11.2. The molecule has 1 aromatic carbocycles. The standard InChI is InChI=1S/C10H9N3O2S/c14-10(9-6-11-16-13-9)12-15-7-8-4-2-1-3-5-8/h1-6H,7H2,(H,12,14). The summed E-state index contributed by atoms with van der Waals surface area (Å²) in [4.78, 5) is 16.4. The molecule has 0 fully saturated rings. The number of hydrogen-bond acceptors (Lipinski definition) is 5. The molecule has 1 amide bonds. The van der Waals surface area contributed by atoms with Gasteiger partial charge in [0.2, 0.25) is 0 Å². The predicted octanol–water partition coefficient (Wildman–Crippen LogP) is 1.40. The monoisotopic (exact) mass is 235 g/mol. The van der Waals surface area contributed by atoms with E-state index in [1.165, 1.54) is 6.20 Å². The fraction of sp³-hybridized carbons (Fsp3) is 0.100. The Morgan fingerprint density at radius 2 is 2.19 bits per heavy atom. The predicted molar refractivity (Wildman–Crippen MR) is 58.6 cm³/mol. The van der Waals surface area contributed by atoms with E-state index in [-0.39, 0.29) is 11.6 Å². The fourth-order valence-corrected chi connectivity index (χ4v) is 1.49. The van der Waals surface area contributed by atoms with E-state index in [1.54, 1.807) is 0 Å². The minimum atomic E-state index is -0.385. The number of hydrogen-bond donors (Lipinski definition) is 1. The van der Waals surface area contributed by atoms with E-state index in [4.69, 9.17) is 4.84 Å². The molecule has 1 aromatic heterocycles. The minimum Gasteiger partial charge on any atom is -0.269 e. The first-order valence-electron chi connectivity index (χ1n) is 4.60. The van der Waals surface area contributed by atoms with Gasteiger partial charge in [-0.1, -0.05) is 30.3 Å². The zero-order valence-corrected chi connectivity index (χ0v) is 9.11.